The molecule has 2 aromatic carbocycles. The van der Waals surface area contributed by atoms with Gasteiger partial charge in [0.15, 0.2) is 11.5 Å². The molecule has 1 aliphatic heterocycles. The number of carbonyl (C=O) groups is 1. The van der Waals surface area contributed by atoms with E-state index in [1.165, 1.54) is 5.56 Å². The van der Waals surface area contributed by atoms with Crippen molar-refractivity contribution >= 4 is 5.91 Å². The fourth-order valence-corrected chi connectivity index (χ4v) is 3.69. The third-order valence-corrected chi connectivity index (χ3v) is 5.38. The summed E-state index contributed by atoms with van der Waals surface area (Å²) in [4.78, 5) is 17.0. The van der Waals surface area contributed by atoms with Gasteiger partial charge in [-0.1, -0.05) is 24.3 Å². The van der Waals surface area contributed by atoms with Crippen LogP contribution in [0, 0.1) is 0 Å². The maximum atomic E-state index is 12.7. The quantitative estimate of drug-likeness (QED) is 0.684. The van der Waals surface area contributed by atoms with Crippen LogP contribution in [0.1, 0.15) is 17.5 Å². The lowest BCUT2D eigenvalue weighted by Crippen LogP contribution is -2.48. The molecule has 1 fully saturated rings. The number of carbonyl (C=O) groups excluding carboxylic acids is 1. The molecule has 29 heavy (non-hydrogen) atoms. The first-order valence-electron chi connectivity index (χ1n) is 9.97. The molecule has 0 unspecified atom stereocenters. The number of hydrogen-bond donors (Lipinski definition) is 0. The van der Waals surface area contributed by atoms with Crippen molar-refractivity contribution in [1.82, 2.24) is 9.80 Å². The number of ether oxygens (including phenoxy) is 3. The molecule has 0 atom stereocenters. The molecular formula is C23H30N2O4. The molecule has 0 saturated carbocycles. The number of rotatable bonds is 8. The van der Waals surface area contributed by atoms with Crippen molar-refractivity contribution in [3.05, 3.63) is 53.6 Å². The average Bonchev–Trinajstić information content (AvgIpc) is 2.78. The zero-order valence-corrected chi connectivity index (χ0v) is 17.5. The van der Waals surface area contributed by atoms with Gasteiger partial charge in [-0.05, 0) is 35.7 Å². The van der Waals surface area contributed by atoms with Gasteiger partial charge in [-0.25, -0.2) is 0 Å². The average molecular weight is 399 g/mol. The highest BCUT2D eigenvalue weighted by Crippen LogP contribution is 2.31. The Balaban J connectivity index is 1.47. The van der Waals surface area contributed by atoms with Crippen LogP contribution in [0.2, 0.25) is 0 Å². The molecule has 0 bridgehead atoms. The molecule has 156 valence electrons. The monoisotopic (exact) mass is 398 g/mol. The zero-order chi connectivity index (χ0) is 20.6. The van der Waals surface area contributed by atoms with E-state index in [1.54, 1.807) is 21.3 Å². The Kier molecular flexibility index (Phi) is 7.36. The highest BCUT2D eigenvalue weighted by molar-refractivity contribution is 5.76. The zero-order valence-electron chi connectivity index (χ0n) is 17.5. The van der Waals surface area contributed by atoms with Gasteiger partial charge < -0.3 is 19.1 Å². The Morgan fingerprint density at radius 1 is 0.897 bits per heavy atom. The Morgan fingerprint density at radius 2 is 1.62 bits per heavy atom. The first kappa shape index (κ1) is 21.0. The van der Waals surface area contributed by atoms with Crippen LogP contribution in [0.3, 0.4) is 0 Å². The van der Waals surface area contributed by atoms with E-state index in [-0.39, 0.29) is 5.91 Å². The molecular weight excluding hydrogens is 368 g/mol. The van der Waals surface area contributed by atoms with Crippen LogP contribution < -0.4 is 14.2 Å². The minimum absolute atomic E-state index is 0.193. The largest absolute Gasteiger partial charge is 0.497 e. The summed E-state index contributed by atoms with van der Waals surface area (Å²) in [6.45, 7) is 4.21. The molecule has 0 radical (unpaired) electrons. The molecule has 1 amide bonds. The number of aryl methyl sites for hydroxylation is 1. The maximum Gasteiger partial charge on any atom is 0.222 e. The van der Waals surface area contributed by atoms with Gasteiger partial charge in [0.2, 0.25) is 5.91 Å². The normalized spacial score (nSPS) is 14.5. The number of hydrogen-bond acceptors (Lipinski definition) is 5. The number of methoxy groups -OCH3 is 3. The van der Waals surface area contributed by atoms with Crippen LogP contribution in [-0.4, -0.2) is 63.2 Å². The number of amides is 1. The van der Waals surface area contributed by atoms with Gasteiger partial charge in [0.05, 0.1) is 21.3 Å². The lowest BCUT2D eigenvalue weighted by Gasteiger charge is -2.35. The molecule has 1 heterocycles. The van der Waals surface area contributed by atoms with E-state index < -0.39 is 0 Å². The number of benzene rings is 2. The summed E-state index contributed by atoms with van der Waals surface area (Å²) in [5.41, 5.74) is 2.26. The number of para-hydroxylation sites is 1. The van der Waals surface area contributed by atoms with Crippen molar-refractivity contribution in [1.29, 1.82) is 0 Å². The fraction of sp³-hybridized carbons (Fsp3) is 0.435. The molecule has 1 aliphatic rings. The van der Waals surface area contributed by atoms with Gasteiger partial charge in [0, 0.05) is 39.1 Å². The van der Waals surface area contributed by atoms with Gasteiger partial charge in [0.25, 0.3) is 0 Å². The minimum atomic E-state index is 0.193. The highest BCUT2D eigenvalue weighted by Gasteiger charge is 2.21. The number of piperazine rings is 1. The van der Waals surface area contributed by atoms with E-state index in [0.29, 0.717) is 24.3 Å². The molecule has 0 spiro atoms. The summed E-state index contributed by atoms with van der Waals surface area (Å²) >= 11 is 0. The lowest BCUT2D eigenvalue weighted by molar-refractivity contribution is -0.133. The van der Waals surface area contributed by atoms with E-state index in [2.05, 4.69) is 17.0 Å². The van der Waals surface area contributed by atoms with Crippen molar-refractivity contribution < 1.29 is 19.0 Å². The first-order chi connectivity index (χ1) is 14.1. The first-order valence-corrected chi connectivity index (χ1v) is 9.97. The van der Waals surface area contributed by atoms with Crippen LogP contribution in [0.4, 0.5) is 0 Å². The summed E-state index contributed by atoms with van der Waals surface area (Å²) in [6.07, 6.45) is 1.12. The van der Waals surface area contributed by atoms with Gasteiger partial charge in [-0.3, -0.25) is 9.69 Å². The van der Waals surface area contributed by atoms with Gasteiger partial charge in [-0.2, -0.15) is 0 Å². The molecule has 6 heteroatoms. The van der Waals surface area contributed by atoms with Crippen LogP contribution >= 0.6 is 0 Å². The summed E-state index contributed by atoms with van der Waals surface area (Å²) in [5, 5.41) is 0. The van der Waals surface area contributed by atoms with Crippen LogP contribution in [0.15, 0.2) is 42.5 Å². The van der Waals surface area contributed by atoms with E-state index in [9.17, 15) is 4.79 Å². The Bertz CT molecular complexity index is 799. The van der Waals surface area contributed by atoms with Crippen molar-refractivity contribution in [2.24, 2.45) is 0 Å². The van der Waals surface area contributed by atoms with E-state index in [0.717, 1.165) is 44.0 Å². The molecule has 3 rings (SSSR count). The van der Waals surface area contributed by atoms with Crippen molar-refractivity contribution in [2.75, 3.05) is 47.5 Å². The van der Waals surface area contributed by atoms with Crippen LogP contribution in [0.5, 0.6) is 17.2 Å². The predicted octanol–water partition coefficient (Wildman–Crippen LogP) is 2.99. The molecule has 0 aliphatic carbocycles. The van der Waals surface area contributed by atoms with E-state index >= 15 is 0 Å². The van der Waals surface area contributed by atoms with Crippen molar-refractivity contribution in [3.8, 4) is 17.2 Å². The SMILES string of the molecule is COc1ccc(CN2CCN(C(=O)CCc3cccc(OC)c3OC)CC2)cc1. The third kappa shape index (κ3) is 5.41. The highest BCUT2D eigenvalue weighted by atomic mass is 16.5. The van der Waals surface area contributed by atoms with Crippen LogP contribution in [0.25, 0.3) is 0 Å². The topological polar surface area (TPSA) is 51.2 Å². The van der Waals surface area contributed by atoms with Gasteiger partial charge in [0.1, 0.15) is 5.75 Å². The van der Waals surface area contributed by atoms with Gasteiger partial charge >= 0.3 is 0 Å². The second-order valence-electron chi connectivity index (χ2n) is 7.16. The molecule has 2 aromatic rings. The summed E-state index contributed by atoms with van der Waals surface area (Å²) in [5.74, 6) is 2.48. The minimum Gasteiger partial charge on any atom is -0.497 e. The fourth-order valence-electron chi connectivity index (χ4n) is 3.69. The Labute approximate surface area is 173 Å². The summed E-state index contributed by atoms with van der Waals surface area (Å²) < 4.78 is 16.0. The van der Waals surface area contributed by atoms with Crippen molar-refractivity contribution in [3.63, 3.8) is 0 Å². The predicted molar refractivity (Wildman–Crippen MR) is 113 cm³/mol. The van der Waals surface area contributed by atoms with E-state index in [1.807, 2.05) is 35.2 Å². The summed E-state index contributed by atoms with van der Waals surface area (Å²) in [7, 11) is 4.93. The molecule has 0 aromatic heterocycles. The smallest absolute Gasteiger partial charge is 0.222 e. The Morgan fingerprint density at radius 3 is 2.24 bits per heavy atom. The van der Waals surface area contributed by atoms with Crippen LogP contribution in [-0.2, 0) is 17.8 Å². The maximum absolute atomic E-state index is 12.7. The standard InChI is InChI=1S/C23H30N2O4/c1-27-20-10-7-18(8-11-20)17-24-13-15-25(16-14-24)22(26)12-9-19-5-4-6-21(28-2)23(19)29-3/h4-8,10-11H,9,12-17H2,1-3H3. The molecule has 0 N–H and O–H groups in total. The van der Waals surface area contributed by atoms with Crippen molar-refractivity contribution in [2.45, 2.75) is 19.4 Å². The lowest BCUT2D eigenvalue weighted by atomic mass is 10.1. The summed E-state index contributed by atoms with van der Waals surface area (Å²) in [6, 6.07) is 14.0. The molecule has 1 saturated heterocycles. The van der Waals surface area contributed by atoms with E-state index in [4.69, 9.17) is 14.2 Å². The van der Waals surface area contributed by atoms with Gasteiger partial charge in [-0.15, -0.1) is 0 Å². The Hall–Kier alpha value is -2.73. The number of nitrogens with zero attached hydrogens (tertiary/aromatic N) is 2. The second kappa shape index (κ2) is 10.2. The third-order valence-electron chi connectivity index (χ3n) is 5.38. The second-order valence-corrected chi connectivity index (χ2v) is 7.16. The molecule has 6 nitrogen and oxygen atoms in total.